The maximum Gasteiger partial charge on any atom is 0.0110 e. The van der Waals surface area contributed by atoms with Crippen LogP contribution in [0.2, 0.25) is 0 Å². The minimum atomic E-state index is 0.603. The SMILES string of the molecule is Cc1cc(C)c(C)c(/C=C/CN)c1C. The average molecular weight is 189 g/mol. The van der Waals surface area contributed by atoms with Gasteiger partial charge in [0, 0.05) is 6.54 Å². The summed E-state index contributed by atoms with van der Waals surface area (Å²) in [5, 5.41) is 0. The van der Waals surface area contributed by atoms with E-state index in [9.17, 15) is 0 Å². The summed E-state index contributed by atoms with van der Waals surface area (Å²) < 4.78 is 0. The molecule has 0 radical (unpaired) electrons. The van der Waals surface area contributed by atoms with Crippen LogP contribution < -0.4 is 5.73 Å². The fraction of sp³-hybridized carbons (Fsp3) is 0.385. The van der Waals surface area contributed by atoms with Crippen LogP contribution in [-0.4, -0.2) is 6.54 Å². The van der Waals surface area contributed by atoms with E-state index in [1.807, 2.05) is 6.08 Å². The molecule has 1 aromatic rings. The van der Waals surface area contributed by atoms with E-state index >= 15 is 0 Å². The third-order valence-electron chi connectivity index (χ3n) is 2.84. The second-order valence-corrected chi connectivity index (χ2v) is 3.81. The molecule has 0 bridgehead atoms. The van der Waals surface area contributed by atoms with E-state index in [-0.39, 0.29) is 0 Å². The zero-order valence-corrected chi connectivity index (χ0v) is 9.52. The van der Waals surface area contributed by atoms with Crippen LogP contribution in [-0.2, 0) is 0 Å². The Labute approximate surface area is 86.6 Å². The molecule has 1 heteroatoms. The lowest BCUT2D eigenvalue weighted by atomic mass is 9.94. The first kappa shape index (κ1) is 11.0. The van der Waals surface area contributed by atoms with Crippen molar-refractivity contribution in [1.82, 2.24) is 0 Å². The van der Waals surface area contributed by atoms with Gasteiger partial charge in [-0.05, 0) is 55.5 Å². The molecule has 0 spiro atoms. The van der Waals surface area contributed by atoms with E-state index in [4.69, 9.17) is 5.73 Å². The summed E-state index contributed by atoms with van der Waals surface area (Å²) in [6, 6.07) is 2.24. The Bertz CT molecular complexity index is 336. The fourth-order valence-corrected chi connectivity index (χ4v) is 1.68. The average Bonchev–Trinajstić information content (AvgIpc) is 2.15. The lowest BCUT2D eigenvalue weighted by Gasteiger charge is -2.11. The monoisotopic (exact) mass is 189 g/mol. The Morgan fingerprint density at radius 1 is 1.07 bits per heavy atom. The molecule has 0 saturated heterocycles. The summed E-state index contributed by atoms with van der Waals surface area (Å²) in [5.41, 5.74) is 12.2. The molecule has 0 saturated carbocycles. The minimum absolute atomic E-state index is 0.603. The van der Waals surface area contributed by atoms with Crippen LogP contribution in [0.15, 0.2) is 12.1 Å². The van der Waals surface area contributed by atoms with E-state index in [2.05, 4.69) is 39.8 Å². The van der Waals surface area contributed by atoms with Crippen molar-refractivity contribution in [3.8, 4) is 0 Å². The molecule has 0 aliphatic heterocycles. The van der Waals surface area contributed by atoms with Crippen LogP contribution in [0, 0.1) is 27.7 Å². The van der Waals surface area contributed by atoms with Gasteiger partial charge in [-0.3, -0.25) is 0 Å². The minimum Gasteiger partial charge on any atom is -0.327 e. The second-order valence-electron chi connectivity index (χ2n) is 3.81. The number of hydrogen-bond donors (Lipinski definition) is 1. The van der Waals surface area contributed by atoms with Crippen molar-refractivity contribution in [1.29, 1.82) is 0 Å². The molecule has 0 aliphatic rings. The first-order chi connectivity index (χ1) is 6.57. The first-order valence-corrected chi connectivity index (χ1v) is 5.02. The van der Waals surface area contributed by atoms with E-state index in [1.165, 1.54) is 27.8 Å². The summed E-state index contributed by atoms with van der Waals surface area (Å²) in [6.07, 6.45) is 4.14. The normalized spacial score (nSPS) is 11.2. The van der Waals surface area contributed by atoms with Crippen molar-refractivity contribution in [3.05, 3.63) is 40.0 Å². The van der Waals surface area contributed by atoms with Gasteiger partial charge >= 0.3 is 0 Å². The lowest BCUT2D eigenvalue weighted by molar-refractivity contribution is 1.22. The van der Waals surface area contributed by atoms with Crippen molar-refractivity contribution in [2.24, 2.45) is 5.73 Å². The van der Waals surface area contributed by atoms with Crippen molar-refractivity contribution in [2.45, 2.75) is 27.7 Å². The van der Waals surface area contributed by atoms with E-state index in [0.29, 0.717) is 6.54 Å². The number of benzene rings is 1. The molecule has 1 nitrogen and oxygen atoms in total. The van der Waals surface area contributed by atoms with E-state index < -0.39 is 0 Å². The van der Waals surface area contributed by atoms with Gasteiger partial charge in [-0.15, -0.1) is 0 Å². The molecule has 1 aromatic carbocycles. The van der Waals surface area contributed by atoms with E-state index in [1.54, 1.807) is 0 Å². The van der Waals surface area contributed by atoms with Gasteiger partial charge in [0.15, 0.2) is 0 Å². The third-order valence-corrected chi connectivity index (χ3v) is 2.84. The molecular formula is C13H19N. The molecule has 0 atom stereocenters. The van der Waals surface area contributed by atoms with Gasteiger partial charge in [-0.1, -0.05) is 18.2 Å². The molecule has 0 aromatic heterocycles. The molecule has 0 unspecified atom stereocenters. The Kier molecular flexibility index (Phi) is 3.48. The predicted molar refractivity (Wildman–Crippen MR) is 63.5 cm³/mol. The van der Waals surface area contributed by atoms with Gasteiger partial charge in [-0.25, -0.2) is 0 Å². The zero-order chi connectivity index (χ0) is 10.7. The van der Waals surface area contributed by atoms with Gasteiger partial charge < -0.3 is 5.73 Å². The van der Waals surface area contributed by atoms with Crippen molar-refractivity contribution in [3.63, 3.8) is 0 Å². The topological polar surface area (TPSA) is 26.0 Å². The Hall–Kier alpha value is -1.08. The van der Waals surface area contributed by atoms with E-state index in [0.717, 1.165) is 0 Å². The maximum atomic E-state index is 5.47. The number of aryl methyl sites for hydroxylation is 2. The number of rotatable bonds is 2. The maximum absolute atomic E-state index is 5.47. The van der Waals surface area contributed by atoms with Crippen LogP contribution in [0.1, 0.15) is 27.8 Å². The lowest BCUT2D eigenvalue weighted by Crippen LogP contribution is -1.96. The van der Waals surface area contributed by atoms with Crippen LogP contribution in [0.3, 0.4) is 0 Å². The summed E-state index contributed by atoms with van der Waals surface area (Å²) in [7, 11) is 0. The molecule has 76 valence electrons. The predicted octanol–water partition coefficient (Wildman–Crippen LogP) is 2.89. The highest BCUT2D eigenvalue weighted by Gasteiger charge is 2.04. The highest BCUT2D eigenvalue weighted by Crippen LogP contribution is 2.22. The molecule has 0 amide bonds. The Balaban J connectivity index is 3.32. The van der Waals surface area contributed by atoms with Crippen LogP contribution in [0.4, 0.5) is 0 Å². The van der Waals surface area contributed by atoms with Crippen molar-refractivity contribution < 1.29 is 0 Å². The summed E-state index contributed by atoms with van der Waals surface area (Å²) >= 11 is 0. The number of hydrogen-bond acceptors (Lipinski definition) is 1. The molecule has 1 rings (SSSR count). The van der Waals surface area contributed by atoms with Crippen LogP contribution >= 0.6 is 0 Å². The zero-order valence-electron chi connectivity index (χ0n) is 9.52. The summed E-state index contributed by atoms with van der Waals surface area (Å²) in [4.78, 5) is 0. The first-order valence-electron chi connectivity index (χ1n) is 5.02. The Morgan fingerprint density at radius 3 is 2.00 bits per heavy atom. The highest BCUT2D eigenvalue weighted by molar-refractivity contribution is 5.61. The van der Waals surface area contributed by atoms with Gasteiger partial charge in [0.25, 0.3) is 0 Å². The largest absolute Gasteiger partial charge is 0.327 e. The quantitative estimate of drug-likeness (QED) is 0.760. The van der Waals surface area contributed by atoms with Gasteiger partial charge in [-0.2, -0.15) is 0 Å². The summed E-state index contributed by atoms with van der Waals surface area (Å²) in [6.45, 7) is 9.24. The van der Waals surface area contributed by atoms with Gasteiger partial charge in [0.1, 0.15) is 0 Å². The van der Waals surface area contributed by atoms with Crippen LogP contribution in [0.25, 0.3) is 6.08 Å². The molecular weight excluding hydrogens is 170 g/mol. The third kappa shape index (κ3) is 2.05. The number of nitrogens with two attached hydrogens (primary N) is 1. The molecule has 2 N–H and O–H groups in total. The fourth-order valence-electron chi connectivity index (χ4n) is 1.68. The van der Waals surface area contributed by atoms with Crippen molar-refractivity contribution in [2.75, 3.05) is 6.54 Å². The smallest absolute Gasteiger partial charge is 0.0110 e. The summed E-state index contributed by atoms with van der Waals surface area (Å²) in [5.74, 6) is 0. The van der Waals surface area contributed by atoms with Crippen molar-refractivity contribution >= 4 is 6.08 Å². The highest BCUT2D eigenvalue weighted by atomic mass is 14.5. The van der Waals surface area contributed by atoms with Gasteiger partial charge in [0.2, 0.25) is 0 Å². The standard InChI is InChI=1S/C13H19N/c1-9-8-10(2)12(4)13(11(9)3)6-5-7-14/h5-6,8H,7,14H2,1-4H3/b6-5+. The van der Waals surface area contributed by atoms with Crippen LogP contribution in [0.5, 0.6) is 0 Å². The molecule has 14 heavy (non-hydrogen) atoms. The second kappa shape index (κ2) is 4.43. The molecule has 0 aliphatic carbocycles. The van der Waals surface area contributed by atoms with Gasteiger partial charge in [0.05, 0.1) is 0 Å². The molecule has 0 heterocycles. The molecule has 0 fully saturated rings. The Morgan fingerprint density at radius 2 is 1.57 bits per heavy atom.